The molecule has 0 unspecified atom stereocenters. The molecule has 0 fully saturated rings. The minimum absolute atomic E-state index is 0.0123. The lowest BCUT2D eigenvalue weighted by molar-refractivity contribution is -0.138. The number of thiocarbonyl (C=S) groups is 1. The van der Waals surface area contributed by atoms with Gasteiger partial charge in [-0.1, -0.05) is 11.6 Å². The van der Waals surface area contributed by atoms with Crippen molar-refractivity contribution in [2.45, 2.75) is 13.1 Å². The molecule has 1 rings (SSSR count). The molecule has 10 heteroatoms. The maximum absolute atomic E-state index is 12.7. The fraction of sp³-hybridized carbons (Fsp3) is 0.214. The topological polar surface area (TPSA) is 67.4 Å². The number of halogens is 4. The van der Waals surface area contributed by atoms with E-state index in [-0.39, 0.29) is 22.4 Å². The van der Waals surface area contributed by atoms with Crippen molar-refractivity contribution in [3.05, 3.63) is 40.9 Å². The number of hydrogen-bond donors (Lipinski definition) is 2. The Labute approximate surface area is 145 Å². The number of benzene rings is 1. The average Bonchev–Trinajstić information content (AvgIpc) is 2.46. The monoisotopic (exact) mass is 380 g/mol. The predicted molar refractivity (Wildman–Crippen MR) is 86.6 cm³/mol. The highest BCUT2D eigenvalue weighted by molar-refractivity contribution is 7.80. The maximum Gasteiger partial charge on any atom is 0.416 e. The first kappa shape index (κ1) is 19.9. The highest BCUT2D eigenvalue weighted by Crippen LogP contribution is 2.33. The third kappa shape index (κ3) is 6.55. The molecule has 0 heterocycles. The second kappa shape index (κ2) is 8.65. The number of ether oxygens (including phenoxy) is 1. The molecule has 5 nitrogen and oxygen atoms in total. The minimum atomic E-state index is -4.55. The Hall–Kier alpha value is -2.13. The minimum Gasteiger partial charge on any atom is -0.463 e. The number of rotatable bonds is 4. The molecular weight excluding hydrogens is 369 g/mol. The summed E-state index contributed by atoms with van der Waals surface area (Å²) in [6.45, 7) is 1.75. The van der Waals surface area contributed by atoms with Gasteiger partial charge < -0.3 is 10.1 Å². The van der Waals surface area contributed by atoms with E-state index < -0.39 is 23.6 Å². The molecule has 0 aliphatic heterocycles. The van der Waals surface area contributed by atoms with Crippen LogP contribution in [0.5, 0.6) is 0 Å². The molecule has 0 bridgehead atoms. The van der Waals surface area contributed by atoms with E-state index in [0.29, 0.717) is 0 Å². The Kier molecular flexibility index (Phi) is 7.18. The van der Waals surface area contributed by atoms with Gasteiger partial charge in [-0.05, 0) is 37.3 Å². The van der Waals surface area contributed by atoms with Crippen LogP contribution >= 0.6 is 23.8 Å². The number of hydrogen-bond acceptors (Lipinski definition) is 4. The lowest BCUT2D eigenvalue weighted by Crippen LogP contribution is -2.33. The highest BCUT2D eigenvalue weighted by Gasteiger charge is 2.31. The Bertz CT molecular complexity index is 678. The van der Waals surface area contributed by atoms with Gasteiger partial charge in [0.1, 0.15) is 0 Å². The van der Waals surface area contributed by atoms with E-state index in [0.717, 1.165) is 30.4 Å². The molecule has 24 heavy (non-hydrogen) atoms. The van der Waals surface area contributed by atoms with Crippen molar-refractivity contribution in [2.75, 3.05) is 11.9 Å². The van der Waals surface area contributed by atoms with Crippen LogP contribution in [-0.2, 0) is 20.5 Å². The zero-order valence-corrected chi connectivity index (χ0v) is 13.8. The Morgan fingerprint density at radius 3 is 2.58 bits per heavy atom. The predicted octanol–water partition coefficient (Wildman–Crippen LogP) is 3.29. The fourth-order valence-corrected chi connectivity index (χ4v) is 1.81. The summed E-state index contributed by atoms with van der Waals surface area (Å²) in [5.41, 5.74) is -1.04. The first-order valence-corrected chi connectivity index (χ1v) is 7.25. The summed E-state index contributed by atoms with van der Waals surface area (Å²) in [4.78, 5) is 22.6. The van der Waals surface area contributed by atoms with E-state index in [9.17, 15) is 22.8 Å². The summed E-state index contributed by atoms with van der Waals surface area (Å²) in [5.74, 6) is -1.48. The summed E-state index contributed by atoms with van der Waals surface area (Å²) in [6.07, 6.45) is -2.79. The molecule has 0 aliphatic rings. The highest BCUT2D eigenvalue weighted by atomic mass is 35.5. The number of alkyl halides is 3. The molecule has 130 valence electrons. The molecule has 0 radical (unpaired) electrons. The molecule has 0 aromatic heterocycles. The third-order valence-corrected chi connectivity index (χ3v) is 2.97. The van der Waals surface area contributed by atoms with Crippen molar-refractivity contribution in [3.63, 3.8) is 0 Å². The second-order valence-corrected chi connectivity index (χ2v) is 5.04. The van der Waals surface area contributed by atoms with E-state index in [1.165, 1.54) is 0 Å². The van der Waals surface area contributed by atoms with Crippen molar-refractivity contribution < 1.29 is 27.5 Å². The van der Waals surface area contributed by atoms with Crippen LogP contribution in [0.4, 0.5) is 18.9 Å². The van der Waals surface area contributed by atoms with Crippen LogP contribution in [0.15, 0.2) is 30.4 Å². The number of amides is 1. The summed E-state index contributed by atoms with van der Waals surface area (Å²) < 4.78 is 42.6. The van der Waals surface area contributed by atoms with Crippen molar-refractivity contribution >= 4 is 46.5 Å². The van der Waals surface area contributed by atoms with Gasteiger partial charge in [-0.15, -0.1) is 0 Å². The van der Waals surface area contributed by atoms with E-state index >= 15 is 0 Å². The van der Waals surface area contributed by atoms with Gasteiger partial charge in [0, 0.05) is 12.2 Å². The Morgan fingerprint density at radius 1 is 1.33 bits per heavy atom. The van der Waals surface area contributed by atoms with Crippen molar-refractivity contribution in [1.29, 1.82) is 0 Å². The first-order valence-electron chi connectivity index (χ1n) is 6.47. The third-order valence-electron chi connectivity index (χ3n) is 2.44. The van der Waals surface area contributed by atoms with E-state index in [1.807, 2.05) is 0 Å². The molecule has 0 saturated carbocycles. The van der Waals surface area contributed by atoms with Crippen LogP contribution < -0.4 is 10.6 Å². The summed E-state index contributed by atoms with van der Waals surface area (Å²) >= 11 is 10.6. The molecule has 0 atom stereocenters. The normalized spacial score (nSPS) is 11.2. The summed E-state index contributed by atoms with van der Waals surface area (Å²) in [7, 11) is 0. The van der Waals surface area contributed by atoms with Gasteiger partial charge in [0.05, 0.1) is 22.9 Å². The Morgan fingerprint density at radius 2 is 2.00 bits per heavy atom. The smallest absolute Gasteiger partial charge is 0.416 e. The van der Waals surface area contributed by atoms with Gasteiger partial charge in [0.15, 0.2) is 5.11 Å². The number of esters is 1. The molecular formula is C14H12ClF3N2O3S. The van der Waals surface area contributed by atoms with Crippen LogP contribution in [0.25, 0.3) is 0 Å². The number of carbonyl (C=O) groups excluding carboxylic acids is 2. The molecule has 0 saturated heterocycles. The van der Waals surface area contributed by atoms with Crippen LogP contribution in [0.1, 0.15) is 12.5 Å². The van der Waals surface area contributed by atoms with Gasteiger partial charge in [0.25, 0.3) is 0 Å². The largest absolute Gasteiger partial charge is 0.463 e. The van der Waals surface area contributed by atoms with E-state index in [1.54, 1.807) is 6.92 Å². The molecule has 2 N–H and O–H groups in total. The molecule has 1 aromatic rings. The number of carbonyl (C=O) groups is 2. The summed E-state index contributed by atoms with van der Waals surface area (Å²) in [6, 6.07) is 2.63. The molecule has 1 amide bonds. The zero-order chi connectivity index (χ0) is 18.3. The van der Waals surface area contributed by atoms with Gasteiger partial charge >= 0.3 is 12.1 Å². The van der Waals surface area contributed by atoms with Crippen LogP contribution in [0.2, 0.25) is 5.02 Å². The van der Waals surface area contributed by atoms with Gasteiger partial charge in [-0.25, -0.2) is 4.79 Å². The quantitative estimate of drug-likeness (QED) is 0.476. The molecule has 1 aromatic carbocycles. The van der Waals surface area contributed by atoms with Crippen molar-refractivity contribution in [3.8, 4) is 0 Å². The number of nitrogens with one attached hydrogen (secondary N) is 2. The maximum atomic E-state index is 12.7. The Balaban J connectivity index is 2.71. The van der Waals surface area contributed by atoms with E-state index in [4.69, 9.17) is 23.8 Å². The average molecular weight is 381 g/mol. The standard InChI is InChI=1S/C14H12ClF3N2O3S/c1-2-23-12(22)6-5-11(21)20-13(24)19-10-7-8(14(16,17)18)3-4-9(10)15/h3-7H,2H2,1H3,(H2,19,20,21,24)/b6-5+. The van der Waals surface area contributed by atoms with Gasteiger partial charge in [0.2, 0.25) is 5.91 Å². The van der Waals surface area contributed by atoms with E-state index in [2.05, 4.69) is 15.4 Å². The summed E-state index contributed by atoms with van der Waals surface area (Å²) in [5, 5.41) is 4.25. The first-order chi connectivity index (χ1) is 11.1. The SMILES string of the molecule is CCOC(=O)/C=C/C(=O)NC(=S)Nc1cc(C(F)(F)F)ccc1Cl. The van der Waals surface area contributed by atoms with Crippen molar-refractivity contribution in [1.82, 2.24) is 5.32 Å². The van der Waals surface area contributed by atoms with Crippen LogP contribution in [-0.4, -0.2) is 23.6 Å². The fourth-order valence-electron chi connectivity index (χ4n) is 1.44. The number of anilines is 1. The molecule has 0 spiro atoms. The van der Waals surface area contributed by atoms with Crippen LogP contribution in [0, 0.1) is 0 Å². The van der Waals surface area contributed by atoms with Gasteiger partial charge in [-0.2, -0.15) is 13.2 Å². The molecule has 0 aliphatic carbocycles. The zero-order valence-electron chi connectivity index (χ0n) is 12.2. The second-order valence-electron chi connectivity index (χ2n) is 4.22. The lowest BCUT2D eigenvalue weighted by atomic mass is 10.2. The van der Waals surface area contributed by atoms with Gasteiger partial charge in [-0.3, -0.25) is 10.1 Å². The van der Waals surface area contributed by atoms with Crippen molar-refractivity contribution in [2.24, 2.45) is 0 Å². The lowest BCUT2D eigenvalue weighted by Gasteiger charge is -2.13. The van der Waals surface area contributed by atoms with Crippen LogP contribution in [0.3, 0.4) is 0 Å².